The van der Waals surface area contributed by atoms with Crippen LogP contribution in [0.15, 0.2) is 24.5 Å². The van der Waals surface area contributed by atoms with Crippen molar-refractivity contribution in [2.24, 2.45) is 5.73 Å². The van der Waals surface area contributed by atoms with Gasteiger partial charge in [-0.1, -0.05) is 0 Å². The number of nitrogens with two attached hydrogens (primary N) is 2. The van der Waals surface area contributed by atoms with Crippen LogP contribution in [-0.2, 0) is 0 Å². The highest BCUT2D eigenvalue weighted by Gasteiger charge is 2.12. The van der Waals surface area contributed by atoms with E-state index in [4.69, 9.17) is 16.2 Å². The van der Waals surface area contributed by atoms with E-state index in [1.165, 1.54) is 23.1 Å². The maximum Gasteiger partial charge on any atom is 0.251 e. The van der Waals surface area contributed by atoms with Crippen LogP contribution >= 0.6 is 0 Å². The Hall–Kier alpha value is -2.57. The van der Waals surface area contributed by atoms with Crippen molar-refractivity contribution in [3.63, 3.8) is 0 Å². The largest absolute Gasteiger partial charge is 0.491 e. The maximum atomic E-state index is 13.6. The van der Waals surface area contributed by atoms with Gasteiger partial charge in [0.1, 0.15) is 0 Å². The Morgan fingerprint density at radius 1 is 1.53 bits per heavy atom. The van der Waals surface area contributed by atoms with Gasteiger partial charge in [0.05, 0.1) is 29.7 Å². The Bertz CT molecular complexity index is 624. The number of halogens is 1. The van der Waals surface area contributed by atoms with E-state index in [1.54, 1.807) is 6.92 Å². The van der Waals surface area contributed by atoms with Gasteiger partial charge in [-0.25, -0.2) is 9.07 Å². The van der Waals surface area contributed by atoms with Crippen molar-refractivity contribution < 1.29 is 13.9 Å². The van der Waals surface area contributed by atoms with Crippen molar-refractivity contribution in [2.75, 3.05) is 12.3 Å². The molecule has 2 rings (SSSR count). The average molecular weight is 264 g/mol. The summed E-state index contributed by atoms with van der Waals surface area (Å²) >= 11 is 0. The number of hydrogen-bond donors (Lipinski definition) is 2. The normalized spacial score (nSPS) is 10.4. The lowest BCUT2D eigenvalue weighted by atomic mass is 10.2. The fraction of sp³-hybridized carbons (Fsp3) is 0.167. The van der Waals surface area contributed by atoms with Crippen molar-refractivity contribution in [1.29, 1.82) is 0 Å². The fourth-order valence-electron chi connectivity index (χ4n) is 1.60. The summed E-state index contributed by atoms with van der Waals surface area (Å²) in [7, 11) is 0. The number of aromatic nitrogens is 2. The molecule has 1 heterocycles. The lowest BCUT2D eigenvalue weighted by Gasteiger charge is -2.10. The first kappa shape index (κ1) is 12.9. The molecule has 0 aliphatic rings. The zero-order chi connectivity index (χ0) is 14.0. The van der Waals surface area contributed by atoms with Gasteiger partial charge in [-0.05, 0) is 6.92 Å². The van der Waals surface area contributed by atoms with E-state index in [0.29, 0.717) is 12.3 Å². The molecule has 1 amide bonds. The van der Waals surface area contributed by atoms with Gasteiger partial charge in [0.2, 0.25) is 0 Å². The molecule has 100 valence electrons. The lowest BCUT2D eigenvalue weighted by molar-refractivity contribution is 0.100. The van der Waals surface area contributed by atoms with Crippen LogP contribution in [0.3, 0.4) is 0 Å². The van der Waals surface area contributed by atoms with E-state index >= 15 is 0 Å². The van der Waals surface area contributed by atoms with Crippen LogP contribution in [0.2, 0.25) is 0 Å². The Morgan fingerprint density at radius 3 is 2.84 bits per heavy atom. The molecule has 0 atom stereocenters. The predicted molar refractivity (Wildman–Crippen MR) is 67.6 cm³/mol. The second-order valence-electron chi connectivity index (χ2n) is 3.81. The van der Waals surface area contributed by atoms with Gasteiger partial charge in [0.15, 0.2) is 11.6 Å². The number of nitrogen functional groups attached to an aromatic ring is 1. The highest BCUT2D eigenvalue weighted by Crippen LogP contribution is 2.26. The minimum Gasteiger partial charge on any atom is -0.491 e. The van der Waals surface area contributed by atoms with E-state index < -0.39 is 11.7 Å². The van der Waals surface area contributed by atoms with Gasteiger partial charge in [-0.15, -0.1) is 0 Å². The molecule has 19 heavy (non-hydrogen) atoms. The minimum atomic E-state index is -0.600. The number of rotatable bonds is 4. The number of primary amides is 1. The minimum absolute atomic E-state index is 0.0721. The Balaban J connectivity index is 2.48. The van der Waals surface area contributed by atoms with Gasteiger partial charge in [0.25, 0.3) is 5.91 Å². The van der Waals surface area contributed by atoms with Gasteiger partial charge in [-0.3, -0.25) is 4.79 Å². The van der Waals surface area contributed by atoms with Crippen LogP contribution in [0.5, 0.6) is 5.75 Å². The third-order valence-corrected chi connectivity index (χ3v) is 2.49. The fourth-order valence-corrected chi connectivity index (χ4v) is 1.60. The third kappa shape index (κ3) is 2.49. The van der Waals surface area contributed by atoms with Crippen molar-refractivity contribution in [3.8, 4) is 11.4 Å². The molecular formula is C12H13FN4O2. The van der Waals surface area contributed by atoms with Crippen LogP contribution in [0, 0.1) is 5.82 Å². The molecule has 7 heteroatoms. The first-order chi connectivity index (χ1) is 9.02. The standard InChI is InChI=1S/C12H13FN4O2/c1-2-19-11-4-10(9(14)3-8(11)13)17-6-7(5-16-17)12(15)18/h3-6H,2,14H2,1H3,(H2,15,18). The molecule has 0 aliphatic carbocycles. The average Bonchev–Trinajstić information content (AvgIpc) is 2.82. The molecule has 0 spiro atoms. The topological polar surface area (TPSA) is 96.2 Å². The van der Waals surface area contributed by atoms with Gasteiger partial charge in [0, 0.05) is 18.3 Å². The zero-order valence-corrected chi connectivity index (χ0v) is 10.3. The van der Waals surface area contributed by atoms with Gasteiger partial charge in [-0.2, -0.15) is 5.10 Å². The number of carbonyl (C=O) groups is 1. The smallest absolute Gasteiger partial charge is 0.251 e. The molecular weight excluding hydrogens is 251 g/mol. The van der Waals surface area contributed by atoms with Crippen LogP contribution in [0.25, 0.3) is 5.69 Å². The summed E-state index contributed by atoms with van der Waals surface area (Å²) in [5, 5.41) is 3.96. The SMILES string of the molecule is CCOc1cc(-n2cc(C(N)=O)cn2)c(N)cc1F. The van der Waals surface area contributed by atoms with Crippen LogP contribution in [0.1, 0.15) is 17.3 Å². The maximum absolute atomic E-state index is 13.6. The predicted octanol–water partition coefficient (Wildman–Crippen LogP) is 1.09. The molecule has 1 aromatic heterocycles. The first-order valence-corrected chi connectivity index (χ1v) is 5.59. The van der Waals surface area contributed by atoms with E-state index in [2.05, 4.69) is 5.10 Å². The van der Waals surface area contributed by atoms with Crippen molar-refractivity contribution >= 4 is 11.6 Å². The highest BCUT2D eigenvalue weighted by molar-refractivity contribution is 5.92. The third-order valence-electron chi connectivity index (χ3n) is 2.49. The summed E-state index contributed by atoms with van der Waals surface area (Å²) < 4.78 is 20.0. The van der Waals surface area contributed by atoms with Crippen molar-refractivity contribution in [2.45, 2.75) is 6.92 Å². The second-order valence-corrected chi connectivity index (χ2v) is 3.81. The lowest BCUT2D eigenvalue weighted by Crippen LogP contribution is -2.09. The van der Waals surface area contributed by atoms with Crippen molar-refractivity contribution in [3.05, 3.63) is 35.9 Å². The number of ether oxygens (including phenoxy) is 1. The second kappa shape index (κ2) is 4.97. The van der Waals surface area contributed by atoms with E-state index in [9.17, 15) is 9.18 Å². The number of anilines is 1. The summed E-state index contributed by atoms with van der Waals surface area (Å²) in [5.74, 6) is -1.08. The number of hydrogen-bond acceptors (Lipinski definition) is 4. The Labute approximate surface area is 108 Å². The summed E-state index contributed by atoms with van der Waals surface area (Å²) in [6.45, 7) is 2.07. The highest BCUT2D eigenvalue weighted by atomic mass is 19.1. The number of nitrogens with zero attached hydrogens (tertiary/aromatic N) is 2. The summed E-state index contributed by atoms with van der Waals surface area (Å²) in [6.07, 6.45) is 2.73. The molecule has 6 nitrogen and oxygen atoms in total. The first-order valence-electron chi connectivity index (χ1n) is 5.59. The number of carbonyl (C=O) groups excluding carboxylic acids is 1. The zero-order valence-electron chi connectivity index (χ0n) is 10.3. The monoisotopic (exact) mass is 264 g/mol. The van der Waals surface area contributed by atoms with Crippen LogP contribution < -0.4 is 16.2 Å². The quantitative estimate of drug-likeness (QED) is 0.808. The molecule has 0 saturated carbocycles. The van der Waals surface area contributed by atoms with E-state index in [1.807, 2.05) is 0 Å². The Morgan fingerprint density at radius 2 is 2.26 bits per heavy atom. The number of amides is 1. The van der Waals surface area contributed by atoms with Gasteiger partial charge < -0.3 is 16.2 Å². The molecule has 0 aliphatic heterocycles. The molecule has 0 fully saturated rings. The van der Waals surface area contributed by atoms with Crippen molar-refractivity contribution in [1.82, 2.24) is 9.78 Å². The van der Waals surface area contributed by atoms with Gasteiger partial charge >= 0.3 is 0 Å². The molecule has 4 N–H and O–H groups in total. The molecule has 0 saturated heterocycles. The van der Waals surface area contributed by atoms with Crippen LogP contribution in [-0.4, -0.2) is 22.3 Å². The van der Waals surface area contributed by atoms with E-state index in [-0.39, 0.29) is 17.0 Å². The molecule has 0 bridgehead atoms. The summed E-state index contributed by atoms with van der Waals surface area (Å²) in [5.41, 5.74) is 11.7. The molecule has 1 aromatic carbocycles. The van der Waals surface area contributed by atoms with E-state index in [0.717, 1.165) is 6.07 Å². The number of benzene rings is 1. The molecule has 0 radical (unpaired) electrons. The molecule has 2 aromatic rings. The molecule has 0 unspecified atom stereocenters. The van der Waals surface area contributed by atoms with Crippen LogP contribution in [0.4, 0.5) is 10.1 Å². The summed E-state index contributed by atoms with van der Waals surface area (Å²) in [6, 6.07) is 2.57. The summed E-state index contributed by atoms with van der Waals surface area (Å²) in [4.78, 5) is 11.0. The Kier molecular flexibility index (Phi) is 3.37.